The summed E-state index contributed by atoms with van der Waals surface area (Å²) in [5, 5.41) is 14.1. The van der Waals surface area contributed by atoms with Crippen molar-refractivity contribution in [1.82, 2.24) is 9.78 Å². The number of aryl methyl sites for hydroxylation is 2. The first-order chi connectivity index (χ1) is 8.00. The Labute approximate surface area is 98.8 Å². The van der Waals surface area contributed by atoms with Crippen LogP contribution in [0.1, 0.15) is 11.3 Å². The first kappa shape index (κ1) is 11.6. The van der Waals surface area contributed by atoms with Crippen LogP contribution in [0, 0.1) is 6.92 Å². The van der Waals surface area contributed by atoms with Gasteiger partial charge in [0.05, 0.1) is 11.2 Å². The third-order valence-corrected chi connectivity index (χ3v) is 2.87. The van der Waals surface area contributed by atoms with Crippen LogP contribution in [0.2, 0.25) is 0 Å². The molecule has 2 aromatic rings. The monoisotopic (exact) mass is 233 g/mol. The Morgan fingerprint density at radius 1 is 1.59 bits per heavy atom. The van der Waals surface area contributed by atoms with Crippen molar-refractivity contribution in [3.8, 4) is 0 Å². The van der Waals surface area contributed by atoms with Crippen LogP contribution in [0.3, 0.4) is 0 Å². The molecule has 2 rings (SSSR count). The van der Waals surface area contributed by atoms with Gasteiger partial charge in [0.25, 0.3) is 0 Å². The van der Waals surface area contributed by atoms with Crippen molar-refractivity contribution in [2.24, 2.45) is 12.8 Å². The van der Waals surface area contributed by atoms with Gasteiger partial charge in [0.15, 0.2) is 0 Å². The molecule has 0 bridgehead atoms. The van der Waals surface area contributed by atoms with Crippen LogP contribution in [-0.2, 0) is 18.3 Å². The predicted molar refractivity (Wildman–Crippen MR) is 64.8 cm³/mol. The molecule has 1 aromatic carbocycles. The van der Waals surface area contributed by atoms with E-state index >= 15 is 0 Å². The molecule has 17 heavy (non-hydrogen) atoms. The van der Waals surface area contributed by atoms with E-state index in [4.69, 9.17) is 10.8 Å². The minimum Gasteiger partial charge on any atom is -0.480 e. The fraction of sp³-hybridized carbons (Fsp3) is 0.333. The number of hydrogen-bond donors (Lipinski definition) is 2. The number of fused-ring (bicyclic) bond motifs is 1. The molecule has 0 amide bonds. The van der Waals surface area contributed by atoms with E-state index in [1.54, 1.807) is 4.68 Å². The van der Waals surface area contributed by atoms with Crippen LogP contribution in [-0.4, -0.2) is 26.9 Å². The summed E-state index contributed by atoms with van der Waals surface area (Å²) in [5.74, 6) is -1.00. The summed E-state index contributed by atoms with van der Waals surface area (Å²) in [5.41, 5.74) is 8.42. The lowest BCUT2D eigenvalue weighted by Crippen LogP contribution is -2.32. The molecule has 1 heterocycles. The molecule has 3 N–H and O–H groups in total. The summed E-state index contributed by atoms with van der Waals surface area (Å²) in [7, 11) is 1.85. The van der Waals surface area contributed by atoms with Crippen molar-refractivity contribution in [3.05, 3.63) is 29.5 Å². The maximum absolute atomic E-state index is 10.8. The first-order valence-corrected chi connectivity index (χ1v) is 5.40. The fourth-order valence-electron chi connectivity index (χ4n) is 2.05. The number of carbonyl (C=O) groups is 1. The standard InChI is InChI=1S/C12H15N3O2/c1-7-4-3-5-8-10(6-9(13)12(16)17)14-15(2)11(7)8/h3-5,9H,6,13H2,1-2H3,(H,16,17). The number of nitrogens with zero attached hydrogens (tertiary/aromatic N) is 2. The second-order valence-electron chi connectivity index (χ2n) is 4.19. The van der Waals surface area contributed by atoms with Crippen LogP contribution in [0.15, 0.2) is 18.2 Å². The Morgan fingerprint density at radius 2 is 2.29 bits per heavy atom. The number of benzene rings is 1. The highest BCUT2D eigenvalue weighted by atomic mass is 16.4. The van der Waals surface area contributed by atoms with Crippen LogP contribution in [0.4, 0.5) is 0 Å². The number of carboxylic acid groups (broad SMARTS) is 1. The highest BCUT2D eigenvalue weighted by Crippen LogP contribution is 2.21. The van der Waals surface area contributed by atoms with Gasteiger partial charge in [-0.15, -0.1) is 0 Å². The number of aromatic nitrogens is 2. The summed E-state index contributed by atoms with van der Waals surface area (Å²) in [6, 6.07) is 4.98. The zero-order valence-electron chi connectivity index (χ0n) is 9.84. The van der Waals surface area contributed by atoms with Gasteiger partial charge in [-0.3, -0.25) is 9.48 Å². The van der Waals surface area contributed by atoms with Gasteiger partial charge in [0.2, 0.25) is 0 Å². The molecule has 0 fully saturated rings. The summed E-state index contributed by atoms with van der Waals surface area (Å²) in [6.45, 7) is 2.00. The second kappa shape index (κ2) is 4.18. The average Bonchev–Trinajstić information content (AvgIpc) is 2.57. The topological polar surface area (TPSA) is 81.1 Å². The predicted octanol–water partition coefficient (Wildman–Crippen LogP) is 0.836. The molecule has 0 aliphatic heterocycles. The molecular weight excluding hydrogens is 218 g/mol. The molecular formula is C12H15N3O2. The van der Waals surface area contributed by atoms with Crippen LogP contribution in [0.25, 0.3) is 10.9 Å². The maximum atomic E-state index is 10.8. The molecule has 0 radical (unpaired) electrons. The van der Waals surface area contributed by atoms with Crippen LogP contribution < -0.4 is 5.73 Å². The third-order valence-electron chi connectivity index (χ3n) is 2.87. The third kappa shape index (κ3) is 2.01. The van der Waals surface area contributed by atoms with Gasteiger partial charge in [0.1, 0.15) is 6.04 Å². The maximum Gasteiger partial charge on any atom is 0.320 e. The van der Waals surface area contributed by atoms with Crippen molar-refractivity contribution in [2.75, 3.05) is 0 Å². The van der Waals surface area contributed by atoms with Crippen molar-refractivity contribution >= 4 is 16.9 Å². The van der Waals surface area contributed by atoms with E-state index in [0.717, 1.165) is 22.2 Å². The van der Waals surface area contributed by atoms with Gasteiger partial charge in [-0.05, 0) is 12.5 Å². The van der Waals surface area contributed by atoms with Crippen molar-refractivity contribution in [1.29, 1.82) is 0 Å². The molecule has 5 heteroatoms. The van der Waals surface area contributed by atoms with Gasteiger partial charge in [-0.25, -0.2) is 0 Å². The van der Waals surface area contributed by atoms with E-state index in [0.29, 0.717) is 0 Å². The van der Waals surface area contributed by atoms with Crippen molar-refractivity contribution < 1.29 is 9.90 Å². The van der Waals surface area contributed by atoms with Crippen molar-refractivity contribution in [2.45, 2.75) is 19.4 Å². The minimum absolute atomic E-state index is 0.246. The fourth-order valence-corrected chi connectivity index (χ4v) is 2.05. The normalized spacial score (nSPS) is 12.9. The smallest absolute Gasteiger partial charge is 0.320 e. The van der Waals surface area contributed by atoms with E-state index < -0.39 is 12.0 Å². The Kier molecular flexibility index (Phi) is 2.85. The number of aliphatic carboxylic acids is 1. The molecule has 1 aromatic heterocycles. The number of carboxylic acids is 1. The minimum atomic E-state index is -1.00. The van der Waals surface area contributed by atoms with Gasteiger partial charge in [-0.1, -0.05) is 18.2 Å². The summed E-state index contributed by atoms with van der Waals surface area (Å²) < 4.78 is 1.77. The SMILES string of the molecule is Cc1cccc2c(CC(N)C(=O)O)nn(C)c12. The highest BCUT2D eigenvalue weighted by Gasteiger charge is 2.17. The number of rotatable bonds is 3. The molecule has 0 saturated heterocycles. The molecule has 0 spiro atoms. The quantitative estimate of drug-likeness (QED) is 0.823. The molecule has 1 atom stereocenters. The molecule has 1 unspecified atom stereocenters. The van der Waals surface area contributed by atoms with Crippen LogP contribution in [0.5, 0.6) is 0 Å². The van der Waals surface area contributed by atoms with E-state index in [9.17, 15) is 4.79 Å². The lowest BCUT2D eigenvalue weighted by Gasteiger charge is -2.03. The largest absolute Gasteiger partial charge is 0.480 e. The Morgan fingerprint density at radius 3 is 2.94 bits per heavy atom. The zero-order chi connectivity index (χ0) is 12.6. The summed E-state index contributed by atoms with van der Waals surface area (Å²) in [4.78, 5) is 10.8. The summed E-state index contributed by atoms with van der Waals surface area (Å²) in [6.07, 6.45) is 0.246. The van der Waals surface area contributed by atoms with Crippen LogP contribution >= 0.6 is 0 Å². The van der Waals surface area contributed by atoms with Gasteiger partial charge >= 0.3 is 5.97 Å². The Balaban J connectivity index is 2.49. The Bertz CT molecular complexity index is 574. The molecule has 5 nitrogen and oxygen atoms in total. The molecule has 0 aliphatic rings. The van der Waals surface area contributed by atoms with Gasteiger partial charge in [-0.2, -0.15) is 5.10 Å². The van der Waals surface area contributed by atoms with E-state index in [-0.39, 0.29) is 6.42 Å². The molecule has 0 aliphatic carbocycles. The summed E-state index contributed by atoms with van der Waals surface area (Å²) >= 11 is 0. The van der Waals surface area contributed by atoms with E-state index in [1.807, 2.05) is 32.2 Å². The zero-order valence-corrected chi connectivity index (χ0v) is 9.84. The second-order valence-corrected chi connectivity index (χ2v) is 4.19. The molecule has 90 valence electrons. The number of nitrogens with two attached hydrogens (primary N) is 1. The number of para-hydroxylation sites is 1. The van der Waals surface area contributed by atoms with Gasteiger partial charge < -0.3 is 10.8 Å². The highest BCUT2D eigenvalue weighted by molar-refractivity contribution is 5.85. The average molecular weight is 233 g/mol. The first-order valence-electron chi connectivity index (χ1n) is 5.40. The number of hydrogen-bond acceptors (Lipinski definition) is 3. The van der Waals surface area contributed by atoms with E-state index in [2.05, 4.69) is 5.10 Å². The molecule has 0 saturated carbocycles. The Hall–Kier alpha value is -1.88. The van der Waals surface area contributed by atoms with E-state index in [1.165, 1.54) is 0 Å². The lowest BCUT2D eigenvalue weighted by molar-refractivity contribution is -0.138. The van der Waals surface area contributed by atoms with Crippen molar-refractivity contribution in [3.63, 3.8) is 0 Å². The lowest BCUT2D eigenvalue weighted by atomic mass is 10.1. The van der Waals surface area contributed by atoms with Gasteiger partial charge in [0, 0.05) is 18.9 Å².